The van der Waals surface area contributed by atoms with Crippen LogP contribution in [0.15, 0.2) is 0 Å². The van der Waals surface area contributed by atoms with Gasteiger partial charge in [0.25, 0.3) is 0 Å². The molecule has 0 bridgehead atoms. The Labute approximate surface area is 99.0 Å². The van der Waals surface area contributed by atoms with Crippen LogP contribution < -0.4 is 5.32 Å². The van der Waals surface area contributed by atoms with E-state index in [4.69, 9.17) is 15.1 Å². The molecule has 7 heteroatoms. The molecule has 1 aliphatic heterocycles. The van der Waals surface area contributed by atoms with Crippen molar-refractivity contribution in [1.29, 1.82) is 5.26 Å². The van der Waals surface area contributed by atoms with Crippen molar-refractivity contribution in [1.82, 2.24) is 10.2 Å². The molecule has 7 nitrogen and oxygen atoms in total. The number of nitriles is 1. The van der Waals surface area contributed by atoms with Crippen LogP contribution >= 0.6 is 0 Å². The molecule has 0 saturated carbocycles. The van der Waals surface area contributed by atoms with Crippen LogP contribution in [0.5, 0.6) is 0 Å². The van der Waals surface area contributed by atoms with Crippen molar-refractivity contribution < 1.29 is 19.4 Å². The van der Waals surface area contributed by atoms with Crippen LogP contribution in [0.1, 0.15) is 6.92 Å². The summed E-state index contributed by atoms with van der Waals surface area (Å²) in [7, 11) is 0. The Morgan fingerprint density at radius 1 is 1.65 bits per heavy atom. The van der Waals surface area contributed by atoms with Crippen LogP contribution in [0.4, 0.5) is 0 Å². The maximum atomic E-state index is 11.7. The van der Waals surface area contributed by atoms with Crippen molar-refractivity contribution >= 4 is 11.8 Å². The lowest BCUT2D eigenvalue weighted by Crippen LogP contribution is -2.55. The minimum absolute atomic E-state index is 0.177. The van der Waals surface area contributed by atoms with Crippen molar-refractivity contribution in [2.24, 2.45) is 0 Å². The first-order valence-electron chi connectivity index (χ1n) is 5.28. The summed E-state index contributed by atoms with van der Waals surface area (Å²) in [5.74, 6) is -1.51. The second-order valence-electron chi connectivity index (χ2n) is 3.79. The lowest BCUT2D eigenvalue weighted by molar-refractivity contribution is -0.155. The molecule has 17 heavy (non-hydrogen) atoms. The Kier molecular flexibility index (Phi) is 4.87. The lowest BCUT2D eigenvalue weighted by Gasteiger charge is -2.36. The van der Waals surface area contributed by atoms with Crippen LogP contribution in [-0.4, -0.2) is 60.3 Å². The van der Waals surface area contributed by atoms with E-state index in [0.717, 1.165) is 0 Å². The van der Waals surface area contributed by atoms with E-state index in [2.05, 4.69) is 5.32 Å². The quantitative estimate of drug-likeness (QED) is 0.440. The summed E-state index contributed by atoms with van der Waals surface area (Å²) in [6.07, 6.45) is -0.459. The molecule has 2 unspecified atom stereocenters. The Balaban J connectivity index is 2.60. The van der Waals surface area contributed by atoms with Gasteiger partial charge >= 0.3 is 11.8 Å². The van der Waals surface area contributed by atoms with Gasteiger partial charge in [-0.25, -0.2) is 0 Å². The topological polar surface area (TPSA) is 103 Å². The van der Waals surface area contributed by atoms with E-state index < -0.39 is 17.9 Å². The summed E-state index contributed by atoms with van der Waals surface area (Å²) in [5.41, 5.74) is 0. The monoisotopic (exact) mass is 241 g/mol. The van der Waals surface area contributed by atoms with Crippen LogP contribution in [0, 0.1) is 11.3 Å². The van der Waals surface area contributed by atoms with Crippen LogP contribution in [0.25, 0.3) is 0 Å². The fraction of sp³-hybridized carbons (Fsp3) is 0.700. The molecule has 2 amide bonds. The Morgan fingerprint density at radius 3 is 2.94 bits per heavy atom. The Bertz CT molecular complexity index is 339. The predicted octanol–water partition coefficient (Wildman–Crippen LogP) is -1.77. The van der Waals surface area contributed by atoms with Crippen LogP contribution in [0.3, 0.4) is 0 Å². The molecular weight excluding hydrogens is 226 g/mol. The highest BCUT2D eigenvalue weighted by molar-refractivity contribution is 6.35. The summed E-state index contributed by atoms with van der Waals surface area (Å²) >= 11 is 0. The van der Waals surface area contributed by atoms with E-state index >= 15 is 0 Å². The second-order valence-corrected chi connectivity index (χ2v) is 3.79. The van der Waals surface area contributed by atoms with E-state index in [1.54, 1.807) is 13.0 Å². The largest absolute Gasteiger partial charge is 0.394 e. The maximum absolute atomic E-state index is 11.7. The van der Waals surface area contributed by atoms with E-state index in [9.17, 15) is 9.59 Å². The van der Waals surface area contributed by atoms with E-state index in [1.165, 1.54) is 4.90 Å². The van der Waals surface area contributed by atoms with Gasteiger partial charge in [0.1, 0.15) is 6.54 Å². The highest BCUT2D eigenvalue weighted by Gasteiger charge is 2.32. The number of aliphatic hydroxyl groups excluding tert-OH is 1. The number of hydrogen-bond acceptors (Lipinski definition) is 5. The highest BCUT2D eigenvalue weighted by atomic mass is 16.5. The number of nitrogens with zero attached hydrogens (tertiary/aromatic N) is 2. The van der Waals surface area contributed by atoms with Gasteiger partial charge in [-0.3, -0.25) is 9.59 Å². The van der Waals surface area contributed by atoms with Gasteiger partial charge in [0.15, 0.2) is 0 Å². The minimum atomic E-state index is -0.808. The fourth-order valence-electron chi connectivity index (χ4n) is 1.54. The number of rotatable bonds is 2. The zero-order chi connectivity index (χ0) is 12.8. The molecule has 0 aromatic rings. The van der Waals surface area contributed by atoms with Gasteiger partial charge in [0.2, 0.25) is 0 Å². The summed E-state index contributed by atoms with van der Waals surface area (Å²) < 4.78 is 5.25. The molecule has 94 valence electrons. The molecule has 0 aromatic carbocycles. The van der Waals surface area contributed by atoms with Gasteiger partial charge in [-0.2, -0.15) is 5.26 Å². The third-order valence-electron chi connectivity index (χ3n) is 2.49. The zero-order valence-corrected chi connectivity index (χ0v) is 9.55. The van der Waals surface area contributed by atoms with E-state index in [1.807, 2.05) is 0 Å². The zero-order valence-electron chi connectivity index (χ0n) is 9.55. The summed E-state index contributed by atoms with van der Waals surface area (Å²) in [4.78, 5) is 24.5. The molecule has 0 spiro atoms. The Morgan fingerprint density at radius 2 is 2.35 bits per heavy atom. The molecule has 0 aliphatic carbocycles. The predicted molar refractivity (Wildman–Crippen MR) is 56.6 cm³/mol. The molecule has 0 radical (unpaired) electrons. The van der Waals surface area contributed by atoms with Gasteiger partial charge in [-0.15, -0.1) is 0 Å². The summed E-state index contributed by atoms with van der Waals surface area (Å²) in [5, 5.41) is 19.4. The highest BCUT2D eigenvalue weighted by Crippen LogP contribution is 2.11. The number of hydrogen-bond donors (Lipinski definition) is 2. The van der Waals surface area contributed by atoms with E-state index in [-0.39, 0.29) is 32.3 Å². The number of carbonyl (C=O) groups is 2. The number of morpholine rings is 1. The number of aliphatic hydroxyl groups is 1. The molecule has 2 atom stereocenters. The maximum Gasteiger partial charge on any atom is 0.312 e. The first-order valence-corrected chi connectivity index (χ1v) is 5.28. The first-order chi connectivity index (χ1) is 8.10. The molecule has 1 rings (SSSR count). The van der Waals surface area contributed by atoms with Crippen molar-refractivity contribution in [3.05, 3.63) is 0 Å². The number of ether oxygens (including phenoxy) is 1. The van der Waals surface area contributed by atoms with Gasteiger partial charge in [-0.1, -0.05) is 0 Å². The standard InChI is InChI=1S/C10H15N3O4/c1-7-6-17-8(5-14)4-13(7)10(16)9(15)12-3-2-11/h7-8,14H,3-6H2,1H3,(H,12,15). The molecule has 2 N–H and O–H groups in total. The molecule has 0 aromatic heterocycles. The smallest absolute Gasteiger partial charge is 0.312 e. The SMILES string of the molecule is CC1COC(CO)CN1C(=O)C(=O)NCC#N. The number of amides is 2. The van der Waals surface area contributed by atoms with Crippen molar-refractivity contribution in [3.8, 4) is 6.07 Å². The van der Waals surface area contributed by atoms with Crippen molar-refractivity contribution in [2.45, 2.75) is 19.1 Å². The Hall–Kier alpha value is -1.65. The van der Waals surface area contributed by atoms with Crippen LogP contribution in [-0.2, 0) is 14.3 Å². The summed E-state index contributed by atoms with van der Waals surface area (Å²) in [6.45, 7) is 1.81. The fourth-order valence-corrected chi connectivity index (χ4v) is 1.54. The molecular formula is C10H15N3O4. The number of carbonyl (C=O) groups excluding carboxylic acids is 2. The van der Waals surface area contributed by atoms with Gasteiger partial charge < -0.3 is 20.1 Å². The molecule has 1 fully saturated rings. The third-order valence-corrected chi connectivity index (χ3v) is 2.49. The van der Waals surface area contributed by atoms with Crippen molar-refractivity contribution in [3.63, 3.8) is 0 Å². The first kappa shape index (κ1) is 13.4. The van der Waals surface area contributed by atoms with Crippen LogP contribution in [0.2, 0.25) is 0 Å². The molecule has 1 saturated heterocycles. The van der Waals surface area contributed by atoms with Gasteiger partial charge in [0.05, 0.1) is 31.4 Å². The lowest BCUT2D eigenvalue weighted by atomic mass is 10.2. The average Bonchev–Trinajstić information content (AvgIpc) is 2.35. The summed E-state index contributed by atoms with van der Waals surface area (Å²) in [6, 6.07) is 1.50. The second kappa shape index (κ2) is 6.18. The van der Waals surface area contributed by atoms with Gasteiger partial charge in [0, 0.05) is 6.54 Å². The molecule has 1 aliphatic rings. The molecule has 1 heterocycles. The average molecular weight is 241 g/mol. The number of nitrogens with one attached hydrogen (secondary N) is 1. The third kappa shape index (κ3) is 3.41. The normalized spacial score (nSPS) is 23.9. The van der Waals surface area contributed by atoms with Gasteiger partial charge in [-0.05, 0) is 6.92 Å². The van der Waals surface area contributed by atoms with Crippen molar-refractivity contribution in [2.75, 3.05) is 26.3 Å². The minimum Gasteiger partial charge on any atom is -0.394 e. The van der Waals surface area contributed by atoms with E-state index in [0.29, 0.717) is 0 Å².